The standard InChI is InChI=1S/C19H23FN4O/c1-24(2)18(25)14-23-19(21-12-15-8-4-3-5-9-15)22-13-16-10-6-7-11-17(16)20/h3-11H,12-14H2,1-2H3,(H2,21,22,23). The molecule has 0 saturated heterocycles. The van der Waals surface area contributed by atoms with Crippen LogP contribution in [-0.2, 0) is 17.9 Å². The van der Waals surface area contributed by atoms with E-state index < -0.39 is 0 Å². The number of nitrogens with one attached hydrogen (secondary N) is 2. The summed E-state index contributed by atoms with van der Waals surface area (Å²) in [5.41, 5.74) is 1.59. The van der Waals surface area contributed by atoms with E-state index in [-0.39, 0.29) is 24.8 Å². The summed E-state index contributed by atoms with van der Waals surface area (Å²) in [6, 6.07) is 16.3. The number of guanidine groups is 1. The number of rotatable bonds is 6. The van der Waals surface area contributed by atoms with Crippen molar-refractivity contribution in [2.75, 3.05) is 20.6 Å². The molecule has 1 amide bonds. The quantitative estimate of drug-likeness (QED) is 0.625. The van der Waals surface area contributed by atoms with Crippen molar-refractivity contribution in [2.24, 2.45) is 4.99 Å². The summed E-state index contributed by atoms with van der Waals surface area (Å²) < 4.78 is 13.7. The first-order chi connectivity index (χ1) is 12.1. The Morgan fingerprint density at radius 1 is 1.04 bits per heavy atom. The zero-order valence-electron chi connectivity index (χ0n) is 14.5. The second-order valence-corrected chi connectivity index (χ2v) is 5.74. The predicted octanol–water partition coefficient (Wildman–Crippen LogP) is 2.15. The maximum Gasteiger partial charge on any atom is 0.241 e. The van der Waals surface area contributed by atoms with Crippen LogP contribution in [0.15, 0.2) is 59.6 Å². The van der Waals surface area contributed by atoms with Crippen molar-refractivity contribution in [1.29, 1.82) is 0 Å². The Balaban J connectivity index is 2.02. The minimum Gasteiger partial charge on any atom is -0.352 e. The lowest BCUT2D eigenvalue weighted by Crippen LogP contribution is -2.42. The summed E-state index contributed by atoms with van der Waals surface area (Å²) in [6.07, 6.45) is 0. The van der Waals surface area contributed by atoms with Crippen LogP contribution in [0.25, 0.3) is 0 Å². The number of carbonyl (C=O) groups excluding carboxylic acids is 1. The number of aliphatic imine (C=N–C) groups is 1. The van der Waals surface area contributed by atoms with E-state index in [2.05, 4.69) is 15.6 Å². The zero-order valence-corrected chi connectivity index (χ0v) is 14.5. The van der Waals surface area contributed by atoms with E-state index in [1.54, 1.807) is 32.3 Å². The highest BCUT2D eigenvalue weighted by Crippen LogP contribution is 2.05. The molecule has 0 aromatic heterocycles. The Bertz CT molecular complexity index is 716. The van der Waals surface area contributed by atoms with Gasteiger partial charge < -0.3 is 15.5 Å². The molecule has 0 radical (unpaired) electrons. The van der Waals surface area contributed by atoms with Gasteiger partial charge in [-0.3, -0.25) is 4.79 Å². The first-order valence-electron chi connectivity index (χ1n) is 8.06. The number of likely N-dealkylation sites (N-methyl/N-ethyl adjacent to an activating group) is 1. The van der Waals surface area contributed by atoms with Crippen molar-refractivity contribution >= 4 is 11.9 Å². The van der Waals surface area contributed by atoms with E-state index in [9.17, 15) is 9.18 Å². The average molecular weight is 342 g/mol. The molecule has 132 valence electrons. The molecule has 2 aromatic carbocycles. The highest BCUT2D eigenvalue weighted by atomic mass is 19.1. The van der Waals surface area contributed by atoms with Crippen molar-refractivity contribution in [3.05, 3.63) is 71.5 Å². The molecule has 0 atom stereocenters. The molecule has 2 aromatic rings. The lowest BCUT2D eigenvalue weighted by atomic mass is 10.2. The van der Waals surface area contributed by atoms with E-state index in [1.807, 2.05) is 30.3 Å². The molecule has 2 N–H and O–H groups in total. The molecule has 0 unspecified atom stereocenters. The van der Waals surface area contributed by atoms with E-state index in [0.29, 0.717) is 18.1 Å². The molecule has 0 aliphatic heterocycles. The van der Waals surface area contributed by atoms with Gasteiger partial charge in [-0.15, -0.1) is 0 Å². The molecule has 25 heavy (non-hydrogen) atoms. The maximum absolute atomic E-state index is 13.7. The van der Waals surface area contributed by atoms with E-state index in [1.165, 1.54) is 11.0 Å². The van der Waals surface area contributed by atoms with Gasteiger partial charge in [-0.25, -0.2) is 9.38 Å². The fraction of sp³-hybridized carbons (Fsp3) is 0.263. The summed E-state index contributed by atoms with van der Waals surface area (Å²) in [4.78, 5) is 17.7. The average Bonchev–Trinajstić information content (AvgIpc) is 2.62. The molecule has 6 heteroatoms. The van der Waals surface area contributed by atoms with Gasteiger partial charge in [-0.2, -0.15) is 0 Å². The highest BCUT2D eigenvalue weighted by Gasteiger charge is 2.07. The Morgan fingerprint density at radius 3 is 2.40 bits per heavy atom. The Morgan fingerprint density at radius 2 is 1.72 bits per heavy atom. The van der Waals surface area contributed by atoms with Crippen LogP contribution in [0.5, 0.6) is 0 Å². The zero-order chi connectivity index (χ0) is 18.1. The summed E-state index contributed by atoms with van der Waals surface area (Å²) in [5.74, 6) is 0.115. The Labute approximate surface area is 147 Å². The van der Waals surface area contributed by atoms with Crippen LogP contribution in [0.4, 0.5) is 4.39 Å². The van der Waals surface area contributed by atoms with Gasteiger partial charge in [0.1, 0.15) is 5.82 Å². The fourth-order valence-electron chi connectivity index (χ4n) is 2.07. The molecule has 0 bridgehead atoms. The third kappa shape index (κ3) is 6.25. The van der Waals surface area contributed by atoms with Crippen LogP contribution in [-0.4, -0.2) is 37.4 Å². The Kier molecular flexibility index (Phi) is 6.95. The topological polar surface area (TPSA) is 56.7 Å². The summed E-state index contributed by atoms with van der Waals surface area (Å²) >= 11 is 0. The van der Waals surface area contributed by atoms with Gasteiger partial charge >= 0.3 is 0 Å². The third-order valence-electron chi connectivity index (χ3n) is 3.57. The fourth-order valence-corrected chi connectivity index (χ4v) is 2.07. The van der Waals surface area contributed by atoms with Crippen LogP contribution in [0.2, 0.25) is 0 Å². The van der Waals surface area contributed by atoms with Crippen LogP contribution in [0, 0.1) is 5.82 Å². The number of hydrogen-bond donors (Lipinski definition) is 2. The van der Waals surface area contributed by atoms with Crippen LogP contribution in [0.3, 0.4) is 0 Å². The molecule has 0 aliphatic carbocycles. The second kappa shape index (κ2) is 9.42. The predicted molar refractivity (Wildman–Crippen MR) is 97.5 cm³/mol. The molecule has 5 nitrogen and oxygen atoms in total. The van der Waals surface area contributed by atoms with Crippen molar-refractivity contribution < 1.29 is 9.18 Å². The van der Waals surface area contributed by atoms with E-state index in [0.717, 1.165) is 5.56 Å². The van der Waals surface area contributed by atoms with Gasteiger partial charge in [0.25, 0.3) is 0 Å². The molecular weight excluding hydrogens is 319 g/mol. The van der Waals surface area contributed by atoms with E-state index in [4.69, 9.17) is 0 Å². The maximum atomic E-state index is 13.7. The molecule has 0 saturated carbocycles. The van der Waals surface area contributed by atoms with Crippen LogP contribution >= 0.6 is 0 Å². The summed E-state index contributed by atoms with van der Waals surface area (Å²) in [6.45, 7) is 0.859. The van der Waals surface area contributed by atoms with Gasteiger partial charge in [0.2, 0.25) is 5.91 Å². The number of hydrogen-bond acceptors (Lipinski definition) is 2. The first-order valence-corrected chi connectivity index (χ1v) is 8.06. The van der Waals surface area contributed by atoms with Crippen molar-refractivity contribution in [2.45, 2.75) is 13.1 Å². The second-order valence-electron chi connectivity index (χ2n) is 5.74. The minimum atomic E-state index is -0.276. The highest BCUT2D eigenvalue weighted by molar-refractivity contribution is 5.86. The van der Waals surface area contributed by atoms with Crippen molar-refractivity contribution in [3.8, 4) is 0 Å². The van der Waals surface area contributed by atoms with Gasteiger partial charge in [0.05, 0.1) is 13.1 Å². The smallest absolute Gasteiger partial charge is 0.241 e. The third-order valence-corrected chi connectivity index (χ3v) is 3.57. The molecule has 0 fully saturated rings. The molecule has 0 aliphatic rings. The lowest BCUT2D eigenvalue weighted by Gasteiger charge is -2.15. The largest absolute Gasteiger partial charge is 0.352 e. The van der Waals surface area contributed by atoms with E-state index >= 15 is 0 Å². The molecule has 0 spiro atoms. The number of amides is 1. The molecule has 0 heterocycles. The number of benzene rings is 2. The molecule has 2 rings (SSSR count). The summed E-state index contributed by atoms with van der Waals surface area (Å²) in [5, 5.41) is 6.06. The normalized spacial score (nSPS) is 11.1. The van der Waals surface area contributed by atoms with Gasteiger partial charge in [0.15, 0.2) is 5.96 Å². The Hall–Kier alpha value is -2.89. The number of nitrogens with zero attached hydrogens (tertiary/aromatic N) is 2. The summed E-state index contributed by atoms with van der Waals surface area (Å²) in [7, 11) is 3.38. The van der Waals surface area contributed by atoms with Crippen LogP contribution in [0.1, 0.15) is 11.1 Å². The lowest BCUT2D eigenvalue weighted by molar-refractivity contribution is -0.127. The monoisotopic (exact) mass is 342 g/mol. The SMILES string of the molecule is CN(C)C(=O)CNC(=NCc1ccccc1)NCc1ccccc1F. The first kappa shape index (κ1) is 18.4. The number of halogens is 1. The number of carbonyl (C=O) groups is 1. The van der Waals surface area contributed by atoms with Gasteiger partial charge in [-0.05, 0) is 11.6 Å². The van der Waals surface area contributed by atoms with Gasteiger partial charge in [-0.1, -0.05) is 48.5 Å². The minimum absolute atomic E-state index is 0.0693. The molecular formula is C19H23FN4O. The van der Waals surface area contributed by atoms with Crippen molar-refractivity contribution in [1.82, 2.24) is 15.5 Å². The van der Waals surface area contributed by atoms with Crippen molar-refractivity contribution in [3.63, 3.8) is 0 Å². The van der Waals surface area contributed by atoms with Crippen LogP contribution < -0.4 is 10.6 Å². The van der Waals surface area contributed by atoms with Gasteiger partial charge in [0, 0.05) is 26.2 Å².